The molecule has 5 aromatic rings. The van der Waals surface area contributed by atoms with E-state index in [4.69, 9.17) is 0 Å². The number of anilines is 3. The maximum atomic E-state index is 9.90. The van der Waals surface area contributed by atoms with Crippen LogP contribution in [-0.2, 0) is 0 Å². The van der Waals surface area contributed by atoms with Crippen molar-refractivity contribution in [3.63, 3.8) is 0 Å². The van der Waals surface area contributed by atoms with Crippen molar-refractivity contribution in [1.29, 1.82) is 0 Å². The predicted octanol–water partition coefficient (Wildman–Crippen LogP) is 3.65. The van der Waals surface area contributed by atoms with Crippen LogP contribution in [0.2, 0.25) is 0 Å². The topological polar surface area (TPSA) is 110 Å². The molecule has 0 spiro atoms. The van der Waals surface area contributed by atoms with Crippen molar-refractivity contribution < 1.29 is 5.11 Å². The van der Waals surface area contributed by atoms with Crippen molar-refractivity contribution in [3.8, 4) is 17.1 Å². The summed E-state index contributed by atoms with van der Waals surface area (Å²) in [5, 5.41) is 19.3. The third kappa shape index (κ3) is 3.91. The van der Waals surface area contributed by atoms with Crippen molar-refractivity contribution >= 4 is 33.7 Å². The van der Waals surface area contributed by atoms with E-state index in [1.807, 2.05) is 36.5 Å². The molecule has 0 aliphatic carbocycles. The Morgan fingerprint density at radius 3 is 2.63 bits per heavy atom. The highest BCUT2D eigenvalue weighted by molar-refractivity contribution is 5.91. The standard InChI is InChI=1S/C25H27N9O/c1-16(2)32-7-9-33(10-8-32)22-6-4-19(13-26-22)31-23-24-29-15-30-34(24)21(14-27-23)17-3-5-20-18(11-17)12-28-25(20)35/h3-6,11-16,28,35H,7-10H2,1-2H3,(H,27,31). The molecule has 0 bridgehead atoms. The third-order valence-electron chi connectivity index (χ3n) is 6.65. The van der Waals surface area contributed by atoms with Gasteiger partial charge in [-0.3, -0.25) is 4.90 Å². The number of aromatic hydroxyl groups is 1. The van der Waals surface area contributed by atoms with Crippen LogP contribution in [0.5, 0.6) is 5.88 Å². The van der Waals surface area contributed by atoms with Gasteiger partial charge in [0.15, 0.2) is 17.3 Å². The van der Waals surface area contributed by atoms with Crippen LogP contribution in [0.4, 0.5) is 17.3 Å². The lowest BCUT2D eigenvalue weighted by molar-refractivity contribution is 0.209. The van der Waals surface area contributed by atoms with Gasteiger partial charge in [-0.2, -0.15) is 5.10 Å². The van der Waals surface area contributed by atoms with E-state index in [9.17, 15) is 5.11 Å². The third-order valence-corrected chi connectivity index (χ3v) is 6.65. The molecule has 0 saturated carbocycles. The van der Waals surface area contributed by atoms with Gasteiger partial charge in [0.25, 0.3) is 0 Å². The number of aromatic nitrogens is 6. The summed E-state index contributed by atoms with van der Waals surface area (Å²) >= 11 is 0. The monoisotopic (exact) mass is 469 g/mol. The van der Waals surface area contributed by atoms with Gasteiger partial charge in [-0.05, 0) is 38.1 Å². The van der Waals surface area contributed by atoms with Gasteiger partial charge in [0.05, 0.1) is 23.8 Å². The highest BCUT2D eigenvalue weighted by Crippen LogP contribution is 2.30. The van der Waals surface area contributed by atoms with E-state index in [1.54, 1.807) is 16.9 Å². The predicted molar refractivity (Wildman–Crippen MR) is 136 cm³/mol. The molecule has 10 heteroatoms. The Bertz CT molecular complexity index is 1480. The van der Waals surface area contributed by atoms with E-state index in [1.165, 1.54) is 6.33 Å². The second-order valence-corrected chi connectivity index (χ2v) is 9.07. The summed E-state index contributed by atoms with van der Waals surface area (Å²) in [6.07, 6.45) is 6.90. The van der Waals surface area contributed by atoms with Crippen molar-refractivity contribution in [2.75, 3.05) is 36.4 Å². The van der Waals surface area contributed by atoms with Gasteiger partial charge in [-0.25, -0.2) is 19.5 Å². The molecule has 1 saturated heterocycles. The number of piperazine rings is 1. The summed E-state index contributed by atoms with van der Waals surface area (Å²) in [4.78, 5) is 21.4. The van der Waals surface area contributed by atoms with E-state index < -0.39 is 0 Å². The number of nitrogens with one attached hydrogen (secondary N) is 2. The molecular formula is C25H27N9O. The number of hydrogen-bond acceptors (Lipinski definition) is 8. The van der Waals surface area contributed by atoms with Crippen LogP contribution in [0.15, 0.2) is 55.2 Å². The largest absolute Gasteiger partial charge is 0.494 e. The summed E-state index contributed by atoms with van der Waals surface area (Å²) in [6.45, 7) is 8.56. The molecule has 5 heterocycles. The molecule has 178 valence electrons. The molecule has 0 amide bonds. The smallest absolute Gasteiger partial charge is 0.199 e. The van der Waals surface area contributed by atoms with Gasteiger partial charge in [0.2, 0.25) is 0 Å². The van der Waals surface area contributed by atoms with Gasteiger partial charge >= 0.3 is 0 Å². The van der Waals surface area contributed by atoms with E-state index >= 15 is 0 Å². The normalized spacial score (nSPS) is 14.9. The Balaban J connectivity index is 1.23. The van der Waals surface area contributed by atoms with Crippen LogP contribution in [0, 0.1) is 0 Å². The molecule has 35 heavy (non-hydrogen) atoms. The fraction of sp³-hybridized carbons (Fsp3) is 0.280. The quantitative estimate of drug-likeness (QED) is 0.358. The Labute approximate surface area is 202 Å². The Kier molecular flexibility index (Phi) is 5.22. The summed E-state index contributed by atoms with van der Waals surface area (Å²) in [6, 6.07) is 10.4. The zero-order valence-electron chi connectivity index (χ0n) is 19.7. The van der Waals surface area contributed by atoms with Crippen molar-refractivity contribution in [3.05, 3.63) is 55.2 Å². The molecule has 0 unspecified atom stereocenters. The first-order chi connectivity index (χ1) is 17.1. The number of hydrogen-bond donors (Lipinski definition) is 3. The first-order valence-electron chi connectivity index (χ1n) is 11.8. The van der Waals surface area contributed by atoms with Crippen LogP contribution < -0.4 is 10.2 Å². The maximum Gasteiger partial charge on any atom is 0.199 e. The lowest BCUT2D eigenvalue weighted by atomic mass is 10.1. The maximum absolute atomic E-state index is 9.90. The van der Waals surface area contributed by atoms with Crippen LogP contribution in [0.25, 0.3) is 27.7 Å². The zero-order valence-corrected chi connectivity index (χ0v) is 19.7. The van der Waals surface area contributed by atoms with Gasteiger partial charge < -0.3 is 20.3 Å². The van der Waals surface area contributed by atoms with Gasteiger partial charge in [0.1, 0.15) is 12.1 Å². The highest BCUT2D eigenvalue weighted by Gasteiger charge is 2.20. The van der Waals surface area contributed by atoms with E-state index in [-0.39, 0.29) is 5.88 Å². The van der Waals surface area contributed by atoms with Crippen LogP contribution >= 0.6 is 0 Å². The lowest BCUT2D eigenvalue weighted by Crippen LogP contribution is -2.49. The van der Waals surface area contributed by atoms with Crippen molar-refractivity contribution in [2.24, 2.45) is 0 Å². The number of rotatable bonds is 5. The summed E-state index contributed by atoms with van der Waals surface area (Å²) in [5.74, 6) is 1.75. The van der Waals surface area contributed by atoms with E-state index in [2.05, 4.69) is 54.0 Å². The first kappa shape index (κ1) is 21.4. The summed E-state index contributed by atoms with van der Waals surface area (Å²) < 4.78 is 1.76. The van der Waals surface area contributed by atoms with E-state index in [0.717, 1.165) is 59.7 Å². The SMILES string of the molecule is CC(C)N1CCN(c2ccc(Nc3ncc(-c4ccc5c(O)[nH]cc5c4)n4ncnc34)cn2)CC1. The number of H-pyrrole nitrogens is 1. The Morgan fingerprint density at radius 2 is 1.86 bits per heavy atom. The molecule has 0 radical (unpaired) electrons. The van der Waals surface area contributed by atoms with Crippen molar-refractivity contribution in [1.82, 2.24) is 34.4 Å². The minimum atomic E-state index is 0.160. The molecule has 4 aromatic heterocycles. The second kappa shape index (κ2) is 8.55. The van der Waals surface area contributed by atoms with Gasteiger partial charge in [-0.1, -0.05) is 6.07 Å². The average molecular weight is 470 g/mol. The molecule has 3 N–H and O–H groups in total. The molecule has 1 aliphatic rings. The molecule has 10 nitrogen and oxygen atoms in total. The van der Waals surface area contributed by atoms with E-state index in [0.29, 0.717) is 17.5 Å². The second-order valence-electron chi connectivity index (χ2n) is 9.07. The summed E-state index contributed by atoms with van der Waals surface area (Å²) in [7, 11) is 0. The van der Waals surface area contributed by atoms with Crippen molar-refractivity contribution in [2.45, 2.75) is 19.9 Å². The van der Waals surface area contributed by atoms with Crippen LogP contribution in [0.3, 0.4) is 0 Å². The fourth-order valence-corrected chi connectivity index (χ4v) is 4.63. The Hall–Kier alpha value is -4.18. The fourth-order valence-electron chi connectivity index (χ4n) is 4.63. The number of nitrogens with zero attached hydrogens (tertiary/aromatic N) is 7. The average Bonchev–Trinajstić information content (AvgIpc) is 3.52. The molecule has 1 fully saturated rings. The Morgan fingerprint density at radius 1 is 1.00 bits per heavy atom. The molecule has 0 atom stereocenters. The van der Waals surface area contributed by atoms with Crippen LogP contribution in [0.1, 0.15) is 13.8 Å². The number of aromatic amines is 1. The molecular weight excluding hydrogens is 442 g/mol. The molecule has 1 aromatic carbocycles. The highest BCUT2D eigenvalue weighted by atomic mass is 16.3. The molecule has 6 rings (SSSR count). The first-order valence-corrected chi connectivity index (χ1v) is 11.8. The van der Waals surface area contributed by atoms with Gasteiger partial charge in [0, 0.05) is 54.8 Å². The number of fused-ring (bicyclic) bond motifs is 2. The minimum Gasteiger partial charge on any atom is -0.494 e. The van der Waals surface area contributed by atoms with Crippen LogP contribution in [-0.4, -0.2) is 71.8 Å². The number of pyridine rings is 1. The minimum absolute atomic E-state index is 0.160. The molecule has 1 aliphatic heterocycles. The lowest BCUT2D eigenvalue weighted by Gasteiger charge is -2.37. The summed E-state index contributed by atoms with van der Waals surface area (Å²) in [5.41, 5.74) is 3.19. The number of benzene rings is 1. The van der Waals surface area contributed by atoms with Gasteiger partial charge in [-0.15, -0.1) is 0 Å². The zero-order chi connectivity index (χ0) is 23.9.